The van der Waals surface area contributed by atoms with Crippen molar-refractivity contribution in [1.82, 2.24) is 5.32 Å². The highest BCUT2D eigenvalue weighted by molar-refractivity contribution is 7.80. The second kappa shape index (κ2) is 15.6. The molecule has 2 bridgehead atoms. The predicted molar refractivity (Wildman–Crippen MR) is 156 cm³/mol. The Morgan fingerprint density at radius 3 is 2.33 bits per heavy atom. The largest absolute Gasteiger partial charge is 0.439 e. The second-order valence-electron chi connectivity index (χ2n) is 10.8. The first-order chi connectivity index (χ1) is 20.0. The van der Waals surface area contributed by atoms with Crippen LogP contribution in [-0.4, -0.2) is 86.0 Å². The molecule has 0 saturated heterocycles. The number of methoxy groups -OCH3 is 2. The highest BCUT2D eigenvalue weighted by Crippen LogP contribution is 2.32. The van der Waals surface area contributed by atoms with Crippen molar-refractivity contribution in [2.45, 2.75) is 77.2 Å². The molecule has 1 aliphatic heterocycles. The van der Waals surface area contributed by atoms with Crippen LogP contribution in [0.4, 0.5) is 4.79 Å². The van der Waals surface area contributed by atoms with Gasteiger partial charge in [0.1, 0.15) is 18.3 Å². The highest BCUT2D eigenvalue weighted by Gasteiger charge is 2.35. The number of amides is 2. The van der Waals surface area contributed by atoms with Crippen LogP contribution in [-0.2, 0) is 33.6 Å². The molecule has 2 aliphatic rings. The Morgan fingerprint density at radius 1 is 1.12 bits per heavy atom. The molecule has 0 radical (unpaired) electrons. The van der Waals surface area contributed by atoms with Crippen LogP contribution in [0.2, 0.25) is 0 Å². The number of aliphatic hydroxyl groups is 2. The molecule has 14 nitrogen and oxygen atoms in total. The summed E-state index contributed by atoms with van der Waals surface area (Å²) in [5, 5.41) is 24.9. The number of carbonyl (C=O) groups excluding carboxylic acids is 2. The second-order valence-corrected chi connectivity index (χ2v) is 11.8. The van der Waals surface area contributed by atoms with Gasteiger partial charge in [0.05, 0.1) is 17.9 Å². The van der Waals surface area contributed by atoms with Gasteiger partial charge in [0.2, 0.25) is 0 Å². The van der Waals surface area contributed by atoms with Gasteiger partial charge in [0.15, 0.2) is 6.10 Å². The lowest BCUT2D eigenvalue weighted by Crippen LogP contribution is -2.40. The van der Waals surface area contributed by atoms with E-state index in [9.17, 15) is 32.8 Å². The van der Waals surface area contributed by atoms with E-state index < -0.39 is 64.9 Å². The Hall–Kier alpha value is -3.05. The van der Waals surface area contributed by atoms with Crippen molar-refractivity contribution in [3.05, 3.63) is 58.5 Å². The quantitative estimate of drug-likeness (QED) is 0.186. The fraction of sp³-hybridized carbons (Fsp3) is 0.571. The fourth-order valence-corrected chi connectivity index (χ4v) is 5.48. The summed E-state index contributed by atoms with van der Waals surface area (Å²) < 4.78 is 53.5. The molecule has 2 amide bonds. The zero-order valence-corrected chi connectivity index (χ0v) is 25.9. The molecule has 8 N–H and O–H groups in total. The maximum Gasteiger partial charge on any atom is 0.405 e. The normalized spacial score (nSPS) is 35.1. The molecule has 43 heavy (non-hydrogen) atoms. The number of ether oxygens (including phenoxy) is 3. The van der Waals surface area contributed by atoms with Gasteiger partial charge < -0.3 is 41.2 Å². The maximum absolute atomic E-state index is 13.0. The monoisotopic (exact) mass is 629 g/mol. The Morgan fingerprint density at radius 2 is 1.77 bits per heavy atom. The number of hydrogen-bond acceptors (Lipinski definition) is 11. The summed E-state index contributed by atoms with van der Waals surface area (Å²) in [5.74, 6) is -1.42. The fourth-order valence-electron chi connectivity index (χ4n) is 5.06. The smallest absolute Gasteiger partial charge is 0.405 e. The Balaban J connectivity index is 2.65. The summed E-state index contributed by atoms with van der Waals surface area (Å²) in [4.78, 5) is 24.7. The molecule has 242 valence electrons. The lowest BCUT2D eigenvalue weighted by atomic mass is 9.84. The molecule has 2 unspecified atom stereocenters. The van der Waals surface area contributed by atoms with Crippen molar-refractivity contribution in [2.75, 3.05) is 14.2 Å². The molecule has 15 heteroatoms. The third-order valence-corrected chi connectivity index (χ3v) is 7.79. The third kappa shape index (κ3) is 10.3. The zero-order chi connectivity index (χ0) is 32.6. The predicted octanol–water partition coefficient (Wildman–Crippen LogP) is 1.13. The van der Waals surface area contributed by atoms with Crippen LogP contribution in [0.1, 0.15) is 40.5 Å². The van der Waals surface area contributed by atoms with Gasteiger partial charge in [0, 0.05) is 31.4 Å². The standard InChI is InChI=1S/C28H43N3O11S/c1-14-10-18-23(29)21(42-43(36,37)38)13-19(25(18)33)31-27(34)15(2)8-7-9-20(39-5)26(41-28(30)35)17(4)12-16(3)24(32)22(11-14)40-6/h7-9,12-14,16,20-22,24-26,32-33H,10-11,29H2,1-6H3,(H2,30,35)(H,31,34)(H,36,37,38)/b9-7-,15-8+,17-12+/t14-,16+,20+,21?,22+,24-,25?,26+/m1/s1. The van der Waals surface area contributed by atoms with Gasteiger partial charge in [-0.05, 0) is 49.8 Å². The van der Waals surface area contributed by atoms with Crippen LogP contribution in [0.25, 0.3) is 0 Å². The van der Waals surface area contributed by atoms with Gasteiger partial charge in [-0.15, -0.1) is 0 Å². The minimum absolute atomic E-state index is 0.100. The molecular weight excluding hydrogens is 586 g/mol. The van der Waals surface area contributed by atoms with Crippen LogP contribution in [0.3, 0.4) is 0 Å². The van der Waals surface area contributed by atoms with Crippen LogP contribution < -0.4 is 16.8 Å². The Kier molecular flexibility index (Phi) is 13.1. The van der Waals surface area contributed by atoms with Crippen molar-refractivity contribution >= 4 is 22.4 Å². The third-order valence-electron chi connectivity index (χ3n) is 7.33. The topological polar surface area (TPSA) is 230 Å². The van der Waals surface area contributed by atoms with Gasteiger partial charge in [-0.25, -0.2) is 8.98 Å². The molecule has 8 atom stereocenters. The molecule has 0 aromatic carbocycles. The van der Waals surface area contributed by atoms with E-state index in [1.54, 1.807) is 26.0 Å². The summed E-state index contributed by atoms with van der Waals surface area (Å²) >= 11 is 0. The van der Waals surface area contributed by atoms with Crippen molar-refractivity contribution in [3.63, 3.8) is 0 Å². The van der Waals surface area contributed by atoms with E-state index >= 15 is 0 Å². The highest BCUT2D eigenvalue weighted by atomic mass is 32.3. The number of allylic oxidation sites excluding steroid dienone is 2. The summed E-state index contributed by atoms with van der Waals surface area (Å²) in [6.07, 6.45) is 0.227. The van der Waals surface area contributed by atoms with Gasteiger partial charge in [-0.2, -0.15) is 8.42 Å². The van der Waals surface area contributed by atoms with Gasteiger partial charge in [0.25, 0.3) is 5.91 Å². The van der Waals surface area contributed by atoms with E-state index in [0.29, 0.717) is 5.57 Å². The number of primary amides is 1. The number of fused-ring (bicyclic) bond motifs is 2. The lowest BCUT2D eigenvalue weighted by molar-refractivity contribution is -0.117. The average Bonchev–Trinajstić information content (AvgIpc) is 2.91. The van der Waals surface area contributed by atoms with Crippen LogP contribution in [0.15, 0.2) is 58.5 Å². The van der Waals surface area contributed by atoms with Crippen LogP contribution in [0, 0.1) is 11.8 Å². The molecule has 2 rings (SSSR count). The molecule has 0 aromatic heterocycles. The van der Waals surface area contributed by atoms with Crippen LogP contribution in [0.5, 0.6) is 0 Å². The minimum Gasteiger partial charge on any atom is -0.439 e. The minimum atomic E-state index is -4.96. The van der Waals surface area contributed by atoms with Crippen molar-refractivity contribution in [3.8, 4) is 0 Å². The SMILES string of the molecule is CO[C@H]1/C=C\C=C(/C)C(=O)NC2=CC(OS(=O)(=O)O)C(N)=C(C[C@@H](C)C[C@H](OC)[C@H](O)[C@@H](C)/C=C(\C)[C@@H]1OC(N)=O)C2O. The molecule has 0 saturated carbocycles. The number of nitrogens with two attached hydrogens (primary N) is 2. The van der Waals surface area contributed by atoms with E-state index in [4.69, 9.17) is 29.9 Å². The van der Waals surface area contributed by atoms with Gasteiger partial charge >= 0.3 is 16.5 Å². The molecule has 0 fully saturated rings. The first-order valence-corrected chi connectivity index (χ1v) is 14.9. The Bertz CT molecular complexity index is 1290. The van der Waals surface area contributed by atoms with Crippen molar-refractivity contribution < 1.29 is 51.2 Å². The molecule has 0 spiro atoms. The van der Waals surface area contributed by atoms with Gasteiger partial charge in [-0.3, -0.25) is 9.35 Å². The number of carbonyl (C=O) groups is 2. The number of nitrogens with one attached hydrogen (secondary N) is 1. The summed E-state index contributed by atoms with van der Waals surface area (Å²) in [6, 6.07) is 0. The molecular formula is C28H43N3O11S. The molecule has 1 heterocycles. The Labute approximate surface area is 252 Å². The molecule has 1 aliphatic carbocycles. The van der Waals surface area contributed by atoms with Gasteiger partial charge in [-0.1, -0.05) is 38.2 Å². The van der Waals surface area contributed by atoms with E-state index in [1.807, 2.05) is 6.92 Å². The molecule has 0 aromatic rings. The number of hydrogen-bond donors (Lipinski definition) is 6. The van der Waals surface area contributed by atoms with Crippen molar-refractivity contribution in [2.24, 2.45) is 23.3 Å². The number of rotatable bonds is 5. The zero-order valence-electron chi connectivity index (χ0n) is 25.1. The first kappa shape index (κ1) is 36.1. The van der Waals surface area contributed by atoms with Crippen molar-refractivity contribution in [1.29, 1.82) is 0 Å². The summed E-state index contributed by atoms with van der Waals surface area (Å²) in [7, 11) is -2.12. The summed E-state index contributed by atoms with van der Waals surface area (Å²) in [5.41, 5.74) is 12.2. The number of aliphatic hydroxyl groups excluding tert-OH is 2. The van der Waals surface area contributed by atoms with E-state index in [0.717, 1.165) is 6.08 Å². The van der Waals surface area contributed by atoms with Crippen LogP contribution >= 0.6 is 0 Å². The average molecular weight is 630 g/mol. The summed E-state index contributed by atoms with van der Waals surface area (Å²) in [6.45, 7) is 6.77. The lowest BCUT2D eigenvalue weighted by Gasteiger charge is -2.32. The maximum atomic E-state index is 13.0. The first-order valence-electron chi connectivity index (χ1n) is 13.6. The van der Waals surface area contributed by atoms with E-state index in [2.05, 4.69) is 5.32 Å². The van der Waals surface area contributed by atoms with E-state index in [1.165, 1.54) is 33.3 Å². The van der Waals surface area contributed by atoms with E-state index in [-0.39, 0.29) is 41.3 Å².